The summed E-state index contributed by atoms with van der Waals surface area (Å²) in [6, 6.07) is -0.237. The number of aromatic nitrogens is 3. The Balaban J connectivity index is 2.39. The van der Waals surface area contributed by atoms with Gasteiger partial charge in [0.25, 0.3) is 11.5 Å². The Morgan fingerprint density at radius 2 is 1.35 bits per heavy atom. The van der Waals surface area contributed by atoms with E-state index in [9.17, 15) is 62.3 Å². The van der Waals surface area contributed by atoms with E-state index in [1.807, 2.05) is 4.98 Å². The van der Waals surface area contributed by atoms with Gasteiger partial charge in [0.1, 0.15) is 11.3 Å². The summed E-state index contributed by atoms with van der Waals surface area (Å²) in [6.45, 7) is 0. The van der Waals surface area contributed by atoms with Crippen molar-refractivity contribution in [3.63, 3.8) is 0 Å². The number of halogens is 12. The smallest absolute Gasteiger partial charge is 0.288 e. The lowest BCUT2D eigenvalue weighted by Gasteiger charge is -2.12. The number of nitrogens with zero attached hydrogens (tertiary/aromatic N) is 2. The van der Waals surface area contributed by atoms with Crippen LogP contribution in [0.1, 0.15) is 27.3 Å². The summed E-state index contributed by atoms with van der Waals surface area (Å²) in [4.78, 5) is 26.8. The first-order chi connectivity index (χ1) is 15.5. The number of pyridine rings is 1. The molecule has 0 unspecified atom stereocenters. The molecule has 2 aromatic heterocycles. The SMILES string of the molecule is O=C(c1cc(F)c(F)c(F)c1)c1c(C(F)(F)F)[nH]n(-c2c(F)c(F)nc(C(F)(F)F)c2F)c1=O. The highest BCUT2D eigenvalue weighted by atomic mass is 19.4. The molecule has 5 nitrogen and oxygen atoms in total. The summed E-state index contributed by atoms with van der Waals surface area (Å²) < 4.78 is 160. The molecule has 0 radical (unpaired) electrons. The lowest BCUT2D eigenvalue weighted by molar-refractivity contribution is -0.144. The zero-order valence-electron chi connectivity index (χ0n) is 15.4. The fourth-order valence-corrected chi connectivity index (χ4v) is 2.73. The van der Waals surface area contributed by atoms with Crippen LogP contribution >= 0.6 is 0 Å². The van der Waals surface area contributed by atoms with Gasteiger partial charge in [-0.05, 0) is 12.1 Å². The van der Waals surface area contributed by atoms with Crippen LogP contribution in [-0.2, 0) is 12.4 Å². The molecule has 0 aliphatic rings. The second-order valence-electron chi connectivity index (χ2n) is 6.31. The topological polar surface area (TPSA) is 67.8 Å². The van der Waals surface area contributed by atoms with Crippen LogP contribution in [0.2, 0.25) is 0 Å². The number of H-pyrrole nitrogens is 1. The molecule has 0 aliphatic heterocycles. The Bertz CT molecular complexity index is 1360. The van der Waals surface area contributed by atoms with Crippen molar-refractivity contribution in [2.45, 2.75) is 12.4 Å². The number of ketones is 1. The summed E-state index contributed by atoms with van der Waals surface area (Å²) in [7, 11) is 0. The average Bonchev–Trinajstić information content (AvgIpc) is 3.04. The number of carbonyl (C=O) groups is 1. The van der Waals surface area contributed by atoms with Crippen molar-refractivity contribution in [2.24, 2.45) is 0 Å². The highest BCUT2D eigenvalue weighted by Crippen LogP contribution is 2.35. The Morgan fingerprint density at radius 1 is 0.824 bits per heavy atom. The Hall–Kier alpha value is -3.79. The van der Waals surface area contributed by atoms with Crippen molar-refractivity contribution in [1.29, 1.82) is 0 Å². The minimum absolute atomic E-state index is 0.118. The molecule has 3 rings (SSSR count). The molecule has 0 atom stereocenters. The standard InChI is InChI=1S/C17H3F12N3O2/c18-4-1-3(2-5(19)7(4)20)11(33)6-12(16(24,25)26)31-32(15(6)34)10-8(21)13(17(27,28)29)30-14(23)9(10)22/h1-2,31H. The fraction of sp³-hybridized carbons (Fsp3) is 0.118. The first-order valence-electron chi connectivity index (χ1n) is 8.20. The zero-order chi connectivity index (χ0) is 25.9. The molecule has 0 amide bonds. The second-order valence-corrected chi connectivity index (χ2v) is 6.31. The van der Waals surface area contributed by atoms with E-state index in [0.717, 1.165) is 5.10 Å². The predicted molar refractivity (Wildman–Crippen MR) is 83.8 cm³/mol. The van der Waals surface area contributed by atoms with E-state index in [0.29, 0.717) is 0 Å². The second kappa shape index (κ2) is 7.91. The van der Waals surface area contributed by atoms with Crippen molar-refractivity contribution in [3.05, 3.63) is 80.0 Å². The van der Waals surface area contributed by atoms with Crippen LogP contribution in [0.4, 0.5) is 52.7 Å². The summed E-state index contributed by atoms with van der Waals surface area (Å²) in [5.74, 6) is -16.6. The van der Waals surface area contributed by atoms with E-state index >= 15 is 0 Å². The number of aromatic amines is 1. The molecular weight excluding hydrogens is 506 g/mol. The van der Waals surface area contributed by atoms with Gasteiger partial charge in [0.15, 0.2) is 34.7 Å². The van der Waals surface area contributed by atoms with Crippen molar-refractivity contribution >= 4 is 5.78 Å². The number of nitrogens with one attached hydrogen (secondary N) is 1. The molecule has 2 heterocycles. The summed E-state index contributed by atoms with van der Waals surface area (Å²) in [5.41, 5.74) is -13.4. The number of alkyl halides is 6. The van der Waals surface area contributed by atoms with E-state index in [4.69, 9.17) is 0 Å². The van der Waals surface area contributed by atoms with Crippen LogP contribution in [0.3, 0.4) is 0 Å². The number of hydrogen-bond acceptors (Lipinski definition) is 3. The normalized spacial score (nSPS) is 12.4. The molecular formula is C17H3F12N3O2. The minimum Gasteiger partial charge on any atom is -0.288 e. The number of benzene rings is 1. The summed E-state index contributed by atoms with van der Waals surface area (Å²) in [6.07, 6.45) is -11.6. The molecule has 0 saturated heterocycles. The van der Waals surface area contributed by atoms with Gasteiger partial charge in [0.2, 0.25) is 11.6 Å². The number of rotatable bonds is 3. The third kappa shape index (κ3) is 4.01. The van der Waals surface area contributed by atoms with Gasteiger partial charge >= 0.3 is 12.4 Å². The van der Waals surface area contributed by atoms with Crippen LogP contribution in [0.15, 0.2) is 16.9 Å². The van der Waals surface area contributed by atoms with Gasteiger partial charge in [-0.3, -0.25) is 14.7 Å². The lowest BCUT2D eigenvalue weighted by Crippen LogP contribution is -2.25. The Morgan fingerprint density at radius 3 is 1.82 bits per heavy atom. The summed E-state index contributed by atoms with van der Waals surface area (Å²) in [5, 5.41) is 0.940. The van der Waals surface area contributed by atoms with Gasteiger partial charge in [-0.25, -0.2) is 27.2 Å². The van der Waals surface area contributed by atoms with Gasteiger partial charge < -0.3 is 0 Å². The minimum atomic E-state index is -5.81. The molecule has 0 saturated carbocycles. The van der Waals surface area contributed by atoms with Crippen molar-refractivity contribution in [3.8, 4) is 5.69 Å². The number of carbonyl (C=O) groups excluding carboxylic acids is 1. The molecule has 0 bridgehead atoms. The lowest BCUT2D eigenvalue weighted by atomic mass is 10.0. The van der Waals surface area contributed by atoms with E-state index in [1.165, 1.54) is 0 Å². The Kier molecular flexibility index (Phi) is 5.78. The maximum atomic E-state index is 14.3. The average molecular weight is 509 g/mol. The molecule has 3 aromatic rings. The van der Waals surface area contributed by atoms with Crippen LogP contribution < -0.4 is 5.56 Å². The van der Waals surface area contributed by atoms with Crippen LogP contribution in [0.25, 0.3) is 5.69 Å². The van der Waals surface area contributed by atoms with Gasteiger partial charge in [-0.15, -0.1) is 0 Å². The highest BCUT2D eigenvalue weighted by molar-refractivity contribution is 6.09. The van der Waals surface area contributed by atoms with Gasteiger partial charge in [0.05, 0.1) is 0 Å². The summed E-state index contributed by atoms with van der Waals surface area (Å²) >= 11 is 0. The first-order valence-corrected chi connectivity index (χ1v) is 8.20. The molecule has 1 aromatic carbocycles. The van der Waals surface area contributed by atoms with Crippen LogP contribution in [0, 0.1) is 35.0 Å². The largest absolute Gasteiger partial charge is 0.436 e. The molecule has 17 heteroatoms. The maximum absolute atomic E-state index is 14.3. The first kappa shape index (κ1) is 24.8. The molecule has 0 aliphatic carbocycles. The fourth-order valence-electron chi connectivity index (χ4n) is 2.73. The predicted octanol–water partition coefficient (Wildman–Crippen LogP) is 4.66. The van der Waals surface area contributed by atoms with Crippen molar-refractivity contribution < 1.29 is 57.5 Å². The maximum Gasteiger partial charge on any atom is 0.436 e. The van der Waals surface area contributed by atoms with E-state index in [-0.39, 0.29) is 12.1 Å². The van der Waals surface area contributed by atoms with Crippen molar-refractivity contribution in [1.82, 2.24) is 14.8 Å². The third-order valence-electron chi connectivity index (χ3n) is 4.15. The molecule has 182 valence electrons. The molecule has 0 spiro atoms. The van der Waals surface area contributed by atoms with Crippen LogP contribution in [-0.4, -0.2) is 20.5 Å². The monoisotopic (exact) mass is 509 g/mol. The molecule has 0 fully saturated rings. The quantitative estimate of drug-likeness (QED) is 0.242. The number of hydrogen-bond donors (Lipinski definition) is 1. The van der Waals surface area contributed by atoms with Gasteiger partial charge in [-0.2, -0.15) is 35.1 Å². The molecule has 1 N–H and O–H groups in total. The van der Waals surface area contributed by atoms with E-state index in [2.05, 4.69) is 0 Å². The van der Waals surface area contributed by atoms with Crippen molar-refractivity contribution in [2.75, 3.05) is 0 Å². The van der Waals surface area contributed by atoms with E-state index in [1.54, 1.807) is 0 Å². The Labute approximate surface area is 177 Å². The zero-order valence-corrected chi connectivity index (χ0v) is 15.4. The van der Waals surface area contributed by atoms with E-state index < -0.39 is 91.6 Å². The highest BCUT2D eigenvalue weighted by Gasteiger charge is 2.44. The third-order valence-corrected chi connectivity index (χ3v) is 4.15. The van der Waals surface area contributed by atoms with Crippen LogP contribution in [0.5, 0.6) is 0 Å². The molecule has 34 heavy (non-hydrogen) atoms. The van der Waals surface area contributed by atoms with Gasteiger partial charge in [-0.1, -0.05) is 0 Å². The van der Waals surface area contributed by atoms with Gasteiger partial charge in [0, 0.05) is 5.56 Å².